The van der Waals surface area contributed by atoms with Gasteiger partial charge < -0.3 is 16.0 Å². The number of pyridine rings is 1. The van der Waals surface area contributed by atoms with E-state index < -0.39 is 0 Å². The number of nitrogens with one attached hydrogen (secondary N) is 1. The molecular weight excluding hydrogens is 228 g/mol. The minimum Gasteiger partial charge on any atom is -0.352 e. The smallest absolute Gasteiger partial charge is 0.239 e. The van der Waals surface area contributed by atoms with Gasteiger partial charge in [0.2, 0.25) is 5.91 Å². The number of carbonyl (C=O) groups excluding carboxylic acids is 1. The van der Waals surface area contributed by atoms with Crippen LogP contribution in [0.2, 0.25) is 0 Å². The van der Waals surface area contributed by atoms with Crippen LogP contribution in [0.3, 0.4) is 0 Å². The molecule has 5 nitrogen and oxygen atoms in total. The molecule has 98 valence electrons. The molecule has 1 aliphatic rings. The summed E-state index contributed by atoms with van der Waals surface area (Å²) in [6.45, 7) is 2.75. The Balaban J connectivity index is 2.00. The summed E-state index contributed by atoms with van der Waals surface area (Å²) in [5.74, 6) is 0.846. The Bertz CT molecular complexity index is 443. The number of hydrogen-bond acceptors (Lipinski definition) is 4. The lowest BCUT2D eigenvalue weighted by atomic mass is 10.2. The minimum atomic E-state index is 0.0533. The molecule has 18 heavy (non-hydrogen) atoms. The van der Waals surface area contributed by atoms with Gasteiger partial charge in [0, 0.05) is 25.3 Å². The van der Waals surface area contributed by atoms with Crippen molar-refractivity contribution in [3.8, 4) is 0 Å². The molecule has 5 heteroatoms. The fourth-order valence-electron chi connectivity index (χ4n) is 1.83. The van der Waals surface area contributed by atoms with Crippen LogP contribution in [0.25, 0.3) is 0 Å². The molecule has 1 heterocycles. The zero-order chi connectivity index (χ0) is 13.1. The van der Waals surface area contributed by atoms with Crippen LogP contribution >= 0.6 is 0 Å². The summed E-state index contributed by atoms with van der Waals surface area (Å²) in [5.41, 5.74) is 7.59. The molecule has 1 fully saturated rings. The Hall–Kier alpha value is -1.62. The highest BCUT2D eigenvalue weighted by Crippen LogP contribution is 2.18. The van der Waals surface area contributed by atoms with Crippen molar-refractivity contribution in [2.24, 2.45) is 5.73 Å². The van der Waals surface area contributed by atoms with Gasteiger partial charge in [0.05, 0.1) is 6.54 Å². The average Bonchev–Trinajstić information content (AvgIpc) is 3.11. The minimum absolute atomic E-state index is 0.0533. The normalized spacial score (nSPS) is 14.4. The van der Waals surface area contributed by atoms with E-state index in [-0.39, 0.29) is 5.91 Å². The first kappa shape index (κ1) is 12.8. The molecule has 0 saturated heterocycles. The van der Waals surface area contributed by atoms with Gasteiger partial charge in [-0.05, 0) is 37.5 Å². The van der Waals surface area contributed by atoms with Crippen LogP contribution in [0, 0.1) is 6.92 Å². The van der Waals surface area contributed by atoms with E-state index in [0.717, 1.165) is 29.9 Å². The molecule has 0 aliphatic heterocycles. The molecule has 1 aliphatic carbocycles. The van der Waals surface area contributed by atoms with Crippen molar-refractivity contribution in [1.29, 1.82) is 0 Å². The van der Waals surface area contributed by atoms with Crippen LogP contribution < -0.4 is 16.0 Å². The Morgan fingerprint density at radius 1 is 1.56 bits per heavy atom. The van der Waals surface area contributed by atoms with Gasteiger partial charge in [0.25, 0.3) is 0 Å². The quantitative estimate of drug-likeness (QED) is 0.799. The first-order chi connectivity index (χ1) is 8.58. The van der Waals surface area contributed by atoms with Gasteiger partial charge in [0.1, 0.15) is 5.82 Å². The first-order valence-corrected chi connectivity index (χ1v) is 6.26. The number of aromatic nitrogens is 1. The summed E-state index contributed by atoms with van der Waals surface area (Å²) in [5, 5.41) is 2.96. The number of likely N-dealkylation sites (N-methyl/N-ethyl adjacent to an activating group) is 1. The molecule has 0 bridgehead atoms. The number of anilines is 1. The van der Waals surface area contributed by atoms with Gasteiger partial charge in [-0.1, -0.05) is 0 Å². The van der Waals surface area contributed by atoms with Gasteiger partial charge in [-0.3, -0.25) is 4.79 Å². The van der Waals surface area contributed by atoms with E-state index in [1.54, 1.807) is 0 Å². The molecule has 1 saturated carbocycles. The van der Waals surface area contributed by atoms with E-state index in [1.807, 2.05) is 31.0 Å². The fourth-order valence-corrected chi connectivity index (χ4v) is 1.83. The maximum absolute atomic E-state index is 11.7. The van der Waals surface area contributed by atoms with Crippen LogP contribution in [-0.2, 0) is 11.3 Å². The highest BCUT2D eigenvalue weighted by Gasteiger charge is 2.23. The summed E-state index contributed by atoms with van der Waals surface area (Å²) in [4.78, 5) is 18.0. The number of aryl methyl sites for hydroxylation is 1. The highest BCUT2D eigenvalue weighted by atomic mass is 16.2. The Morgan fingerprint density at radius 2 is 2.28 bits per heavy atom. The predicted octanol–water partition coefficient (Wildman–Crippen LogP) is 0.564. The standard InChI is InChI=1S/C13H20N4O/c1-9-5-10(7-14)6-12(15-9)17(2)8-13(18)16-11-3-4-11/h5-6,11H,3-4,7-8,14H2,1-2H3,(H,16,18). The van der Waals surface area contributed by atoms with Gasteiger partial charge in [0.15, 0.2) is 0 Å². The zero-order valence-corrected chi connectivity index (χ0v) is 10.9. The lowest BCUT2D eigenvalue weighted by Crippen LogP contribution is -2.36. The maximum Gasteiger partial charge on any atom is 0.239 e. The van der Waals surface area contributed by atoms with Gasteiger partial charge >= 0.3 is 0 Å². The number of amides is 1. The molecule has 1 aromatic heterocycles. The van der Waals surface area contributed by atoms with E-state index >= 15 is 0 Å². The number of nitrogens with zero attached hydrogens (tertiary/aromatic N) is 2. The molecule has 0 spiro atoms. The Labute approximate surface area is 107 Å². The monoisotopic (exact) mass is 248 g/mol. The predicted molar refractivity (Wildman–Crippen MR) is 71.3 cm³/mol. The molecule has 0 unspecified atom stereocenters. The van der Waals surface area contributed by atoms with Crippen molar-refractivity contribution < 1.29 is 4.79 Å². The third-order valence-electron chi connectivity index (χ3n) is 2.95. The Kier molecular flexibility index (Phi) is 3.81. The molecule has 3 N–H and O–H groups in total. The number of nitrogens with two attached hydrogens (primary N) is 1. The molecule has 0 atom stereocenters. The maximum atomic E-state index is 11.7. The lowest BCUT2D eigenvalue weighted by Gasteiger charge is -2.19. The molecular formula is C13H20N4O. The van der Waals surface area contributed by atoms with E-state index in [1.165, 1.54) is 0 Å². The molecule has 0 aromatic carbocycles. The van der Waals surface area contributed by atoms with Crippen molar-refractivity contribution in [2.75, 3.05) is 18.5 Å². The summed E-state index contributed by atoms with van der Waals surface area (Å²) < 4.78 is 0. The third-order valence-corrected chi connectivity index (χ3v) is 2.95. The second-order valence-corrected chi connectivity index (χ2v) is 4.88. The summed E-state index contributed by atoms with van der Waals surface area (Å²) in [7, 11) is 1.87. The van der Waals surface area contributed by atoms with Gasteiger partial charge in [-0.15, -0.1) is 0 Å². The van der Waals surface area contributed by atoms with Crippen LogP contribution in [-0.4, -0.2) is 30.5 Å². The zero-order valence-electron chi connectivity index (χ0n) is 10.9. The lowest BCUT2D eigenvalue weighted by molar-refractivity contribution is -0.119. The van der Waals surface area contributed by atoms with Crippen molar-refractivity contribution in [2.45, 2.75) is 32.4 Å². The second-order valence-electron chi connectivity index (χ2n) is 4.88. The van der Waals surface area contributed by atoms with E-state index in [2.05, 4.69) is 10.3 Å². The first-order valence-electron chi connectivity index (χ1n) is 6.26. The third kappa shape index (κ3) is 3.43. The largest absolute Gasteiger partial charge is 0.352 e. The van der Waals surface area contributed by atoms with Crippen molar-refractivity contribution in [3.63, 3.8) is 0 Å². The van der Waals surface area contributed by atoms with E-state index in [9.17, 15) is 4.79 Å². The topological polar surface area (TPSA) is 71.2 Å². The van der Waals surface area contributed by atoms with Crippen molar-refractivity contribution in [3.05, 3.63) is 23.4 Å². The van der Waals surface area contributed by atoms with Crippen LogP contribution in [0.1, 0.15) is 24.1 Å². The fraction of sp³-hybridized carbons (Fsp3) is 0.538. The van der Waals surface area contributed by atoms with Crippen molar-refractivity contribution >= 4 is 11.7 Å². The highest BCUT2D eigenvalue weighted by molar-refractivity contribution is 5.81. The van der Waals surface area contributed by atoms with Crippen LogP contribution in [0.5, 0.6) is 0 Å². The van der Waals surface area contributed by atoms with Gasteiger partial charge in [-0.2, -0.15) is 0 Å². The van der Waals surface area contributed by atoms with Crippen LogP contribution in [0.4, 0.5) is 5.82 Å². The molecule has 0 radical (unpaired) electrons. The molecule has 1 aromatic rings. The van der Waals surface area contributed by atoms with Crippen molar-refractivity contribution in [1.82, 2.24) is 10.3 Å². The van der Waals surface area contributed by atoms with Crippen LogP contribution in [0.15, 0.2) is 12.1 Å². The van der Waals surface area contributed by atoms with E-state index in [0.29, 0.717) is 19.1 Å². The number of rotatable bonds is 5. The summed E-state index contributed by atoms with van der Waals surface area (Å²) in [6, 6.07) is 4.29. The van der Waals surface area contributed by atoms with E-state index in [4.69, 9.17) is 5.73 Å². The summed E-state index contributed by atoms with van der Waals surface area (Å²) >= 11 is 0. The average molecular weight is 248 g/mol. The second kappa shape index (κ2) is 5.35. The molecule has 1 amide bonds. The molecule has 2 rings (SSSR count). The summed E-state index contributed by atoms with van der Waals surface area (Å²) in [6.07, 6.45) is 2.21. The number of hydrogen-bond donors (Lipinski definition) is 2. The SMILES string of the molecule is Cc1cc(CN)cc(N(C)CC(=O)NC2CC2)n1. The number of carbonyl (C=O) groups is 1. The Morgan fingerprint density at radius 3 is 2.89 bits per heavy atom. The van der Waals surface area contributed by atoms with Gasteiger partial charge in [-0.25, -0.2) is 4.98 Å².